The molecule has 336 valence electrons. The zero-order valence-corrected chi connectivity index (χ0v) is 35.2. The van der Waals surface area contributed by atoms with Crippen LogP contribution in [0.25, 0.3) is 12.2 Å². The fourth-order valence-corrected chi connectivity index (χ4v) is 6.89. The van der Waals surface area contributed by atoms with Crippen molar-refractivity contribution in [1.82, 2.24) is 29.9 Å². The Morgan fingerprint density at radius 3 is 1.16 bits per heavy atom. The molecule has 0 spiro atoms. The minimum absolute atomic E-state index is 0.0359. The molecule has 2 aromatic heterocycles. The number of para-hydroxylation sites is 2. The first-order valence-electron chi connectivity index (χ1n) is 19.1. The standard InChI is InChI=1S/C40H42N10O12S2/c51-17-19-59-21-23-61-39-47-35(41-29-7-3-1-4-8-29)45-37(49-39)43-31-15-13-27(33(25-31)63(53,54)55)11-12-28-14-16-32(26-34(28)64(56,57)58)44-38-46-36(42-30-9-5-2-6-10-30)48-40(50-38)62-24-22-60-20-18-52/h1-16,25-26,51-52H,17-24H2,(H,53,54,55)(H,56,57,58)(H2,41,43,45,47,49)(H2,42,44,46,48,50). The van der Waals surface area contributed by atoms with E-state index < -0.39 is 30.0 Å². The lowest BCUT2D eigenvalue weighted by atomic mass is 10.1. The molecule has 0 amide bonds. The van der Waals surface area contributed by atoms with Gasteiger partial charge in [-0.3, -0.25) is 9.11 Å². The third-order valence-electron chi connectivity index (χ3n) is 8.22. The van der Waals surface area contributed by atoms with Crippen molar-refractivity contribution in [2.24, 2.45) is 0 Å². The van der Waals surface area contributed by atoms with E-state index in [1.54, 1.807) is 48.5 Å². The Balaban J connectivity index is 1.24. The highest BCUT2D eigenvalue weighted by molar-refractivity contribution is 7.86. The maximum atomic E-state index is 12.7. The van der Waals surface area contributed by atoms with Crippen molar-refractivity contribution in [2.45, 2.75) is 9.79 Å². The molecule has 0 aliphatic rings. The van der Waals surface area contributed by atoms with Crippen LogP contribution < -0.4 is 30.7 Å². The molecule has 4 aromatic carbocycles. The summed E-state index contributed by atoms with van der Waals surface area (Å²) in [7, 11) is -9.78. The zero-order chi connectivity index (χ0) is 45.4. The quantitative estimate of drug-likeness (QED) is 0.0236. The minimum Gasteiger partial charge on any atom is -0.461 e. The molecule has 0 radical (unpaired) electrons. The number of aliphatic hydroxyl groups excluding tert-OH is 2. The Hall–Kier alpha value is -6.90. The molecule has 6 aromatic rings. The van der Waals surface area contributed by atoms with Gasteiger partial charge in [-0.15, -0.1) is 0 Å². The predicted octanol–water partition coefficient (Wildman–Crippen LogP) is 4.47. The number of aromatic nitrogens is 6. The second-order valence-electron chi connectivity index (χ2n) is 12.9. The summed E-state index contributed by atoms with van der Waals surface area (Å²) in [6.45, 7) is 0.237. The number of nitrogens with zero attached hydrogens (tertiary/aromatic N) is 6. The van der Waals surface area contributed by atoms with Crippen molar-refractivity contribution >= 4 is 78.9 Å². The minimum atomic E-state index is -4.89. The first-order valence-corrected chi connectivity index (χ1v) is 22.0. The summed E-state index contributed by atoms with van der Waals surface area (Å²) in [6.07, 6.45) is 2.47. The molecule has 0 aliphatic heterocycles. The van der Waals surface area contributed by atoms with Crippen LogP contribution in [0, 0.1) is 0 Å². The summed E-state index contributed by atoms with van der Waals surface area (Å²) in [4.78, 5) is 24.6. The van der Waals surface area contributed by atoms with Crippen LogP contribution in [-0.4, -0.2) is 119 Å². The Kier molecular flexibility index (Phi) is 16.3. The van der Waals surface area contributed by atoms with Crippen LogP contribution >= 0.6 is 0 Å². The van der Waals surface area contributed by atoms with Gasteiger partial charge in [0.2, 0.25) is 23.8 Å². The molecule has 64 heavy (non-hydrogen) atoms. The Labute approximate surface area is 366 Å². The van der Waals surface area contributed by atoms with E-state index in [-0.39, 0.29) is 111 Å². The highest BCUT2D eigenvalue weighted by Crippen LogP contribution is 2.29. The SMILES string of the molecule is O=S(=O)(O)c1cc(Nc2nc(Nc3ccccc3)nc(OCCOCCO)n2)ccc1C=Cc1ccc(Nc2nc(Nc3ccccc3)nc(OCCOCCO)n2)cc1S(=O)(=O)O. The van der Waals surface area contributed by atoms with Gasteiger partial charge in [-0.2, -0.15) is 46.7 Å². The summed E-state index contributed by atoms with van der Waals surface area (Å²) < 4.78 is 92.9. The molecular weight excluding hydrogens is 877 g/mol. The highest BCUT2D eigenvalue weighted by atomic mass is 32.2. The molecule has 0 saturated heterocycles. The van der Waals surface area contributed by atoms with E-state index in [1.807, 2.05) is 12.1 Å². The number of hydrogen-bond donors (Lipinski definition) is 8. The van der Waals surface area contributed by atoms with Crippen LogP contribution in [-0.2, 0) is 29.7 Å². The van der Waals surface area contributed by atoms with Crippen molar-refractivity contribution in [1.29, 1.82) is 0 Å². The molecule has 0 unspecified atom stereocenters. The van der Waals surface area contributed by atoms with E-state index in [9.17, 15) is 25.9 Å². The fraction of sp³-hybridized carbons (Fsp3) is 0.200. The Morgan fingerprint density at radius 2 is 0.812 bits per heavy atom. The van der Waals surface area contributed by atoms with Crippen LogP contribution in [0.15, 0.2) is 107 Å². The van der Waals surface area contributed by atoms with Gasteiger partial charge >= 0.3 is 12.0 Å². The van der Waals surface area contributed by atoms with Gasteiger partial charge in [0, 0.05) is 22.7 Å². The number of hydrogen-bond acceptors (Lipinski definition) is 20. The monoisotopic (exact) mass is 918 g/mol. The van der Waals surface area contributed by atoms with Gasteiger partial charge < -0.3 is 50.4 Å². The second-order valence-corrected chi connectivity index (χ2v) is 15.7. The molecule has 0 bridgehead atoms. The average molecular weight is 919 g/mol. The first-order chi connectivity index (χ1) is 30.9. The van der Waals surface area contributed by atoms with Gasteiger partial charge in [-0.25, -0.2) is 0 Å². The maximum absolute atomic E-state index is 12.7. The lowest BCUT2D eigenvalue weighted by Crippen LogP contribution is -2.12. The number of ether oxygens (including phenoxy) is 4. The summed E-state index contributed by atoms with van der Waals surface area (Å²) in [5, 5.41) is 29.7. The van der Waals surface area contributed by atoms with Crippen LogP contribution in [0.5, 0.6) is 12.0 Å². The topological polar surface area (TPSA) is 312 Å². The number of nitrogens with one attached hydrogen (secondary N) is 4. The molecule has 6 rings (SSSR count). The highest BCUT2D eigenvalue weighted by Gasteiger charge is 2.19. The third-order valence-corrected chi connectivity index (χ3v) is 10.0. The summed E-state index contributed by atoms with van der Waals surface area (Å²) in [5.74, 6) is 0.0246. The molecule has 0 aliphatic carbocycles. The van der Waals surface area contributed by atoms with Crippen LogP contribution in [0.1, 0.15) is 11.1 Å². The largest absolute Gasteiger partial charge is 0.461 e. The van der Waals surface area contributed by atoms with Crippen molar-refractivity contribution in [3.63, 3.8) is 0 Å². The molecule has 24 heteroatoms. The molecule has 0 atom stereocenters. The number of aliphatic hydroxyl groups is 2. The van der Waals surface area contributed by atoms with E-state index in [1.165, 1.54) is 36.4 Å². The lowest BCUT2D eigenvalue weighted by molar-refractivity contribution is 0.0684. The van der Waals surface area contributed by atoms with Crippen molar-refractivity contribution < 1.29 is 55.1 Å². The van der Waals surface area contributed by atoms with E-state index in [0.29, 0.717) is 11.4 Å². The normalized spacial score (nSPS) is 11.6. The van der Waals surface area contributed by atoms with Crippen LogP contribution in [0.2, 0.25) is 0 Å². The summed E-state index contributed by atoms with van der Waals surface area (Å²) >= 11 is 0. The van der Waals surface area contributed by atoms with Gasteiger partial charge in [0.1, 0.15) is 23.0 Å². The van der Waals surface area contributed by atoms with Crippen molar-refractivity contribution in [3.05, 3.63) is 108 Å². The van der Waals surface area contributed by atoms with E-state index in [4.69, 9.17) is 29.2 Å². The second kappa shape index (κ2) is 22.5. The predicted molar refractivity (Wildman–Crippen MR) is 234 cm³/mol. The molecule has 2 heterocycles. The van der Waals surface area contributed by atoms with Crippen LogP contribution in [0.3, 0.4) is 0 Å². The smallest absolute Gasteiger partial charge is 0.323 e. The number of rotatable bonds is 24. The number of anilines is 8. The van der Waals surface area contributed by atoms with E-state index in [0.717, 1.165) is 12.1 Å². The van der Waals surface area contributed by atoms with Crippen molar-refractivity contribution in [3.8, 4) is 12.0 Å². The molecular formula is C40H42N10O12S2. The van der Waals surface area contributed by atoms with Crippen LogP contribution in [0.4, 0.5) is 46.5 Å². The van der Waals surface area contributed by atoms with Gasteiger partial charge in [0.05, 0.1) is 39.6 Å². The third kappa shape index (κ3) is 14.3. The first kappa shape index (κ1) is 46.6. The van der Waals surface area contributed by atoms with E-state index in [2.05, 4.69) is 51.2 Å². The summed E-state index contributed by atoms with van der Waals surface area (Å²) in [6, 6.07) is 25.6. The van der Waals surface area contributed by atoms with Gasteiger partial charge in [-0.05, 0) is 59.7 Å². The zero-order valence-electron chi connectivity index (χ0n) is 33.6. The Morgan fingerprint density at radius 1 is 0.453 bits per heavy atom. The average Bonchev–Trinajstić information content (AvgIpc) is 3.26. The van der Waals surface area contributed by atoms with Gasteiger partial charge in [0.25, 0.3) is 20.2 Å². The van der Waals surface area contributed by atoms with Gasteiger partial charge in [0.15, 0.2) is 0 Å². The summed E-state index contributed by atoms with van der Waals surface area (Å²) in [5.41, 5.74) is 1.44. The fourth-order valence-electron chi connectivity index (χ4n) is 5.47. The lowest BCUT2D eigenvalue weighted by Gasteiger charge is -2.13. The maximum Gasteiger partial charge on any atom is 0.323 e. The van der Waals surface area contributed by atoms with Gasteiger partial charge in [-0.1, -0.05) is 60.7 Å². The molecule has 0 saturated carbocycles. The Bertz CT molecular complexity index is 2550. The molecule has 8 N–H and O–H groups in total. The number of benzene rings is 4. The van der Waals surface area contributed by atoms with Crippen molar-refractivity contribution in [2.75, 3.05) is 74.1 Å². The van der Waals surface area contributed by atoms with E-state index >= 15 is 0 Å². The molecule has 0 fully saturated rings. The molecule has 22 nitrogen and oxygen atoms in total.